The zero-order valence-electron chi connectivity index (χ0n) is 18.3. The highest BCUT2D eigenvalue weighted by atomic mass is 32.2. The summed E-state index contributed by atoms with van der Waals surface area (Å²) in [6.07, 6.45) is 0.434. The van der Waals surface area contributed by atoms with Crippen molar-refractivity contribution < 1.29 is 27.6 Å². The molecule has 0 aliphatic carbocycles. The molecule has 0 saturated heterocycles. The SMILES string of the molecule is CCN(CC)S(=O)(=O)c1ccc2c(c1)CCN2C(=O)c1cc(OC)c(OC)cc1[N+](=O)[O-]. The van der Waals surface area contributed by atoms with Crippen molar-refractivity contribution in [2.75, 3.05) is 38.8 Å². The summed E-state index contributed by atoms with van der Waals surface area (Å²) in [6, 6.07) is 7.04. The van der Waals surface area contributed by atoms with E-state index in [4.69, 9.17) is 9.47 Å². The second-order valence-electron chi connectivity index (χ2n) is 7.07. The number of carbonyl (C=O) groups excluding carboxylic acids is 1. The lowest BCUT2D eigenvalue weighted by molar-refractivity contribution is -0.385. The summed E-state index contributed by atoms with van der Waals surface area (Å²) >= 11 is 0. The van der Waals surface area contributed by atoms with Crippen molar-refractivity contribution in [2.24, 2.45) is 0 Å². The standard InChI is InChI=1S/C21H25N3O7S/c1-5-22(6-2)32(28,29)15-7-8-17-14(11-15)9-10-23(17)21(25)16-12-19(30-3)20(31-4)13-18(16)24(26)27/h7-8,11-13H,5-6,9-10H2,1-4H3. The first-order valence-electron chi connectivity index (χ1n) is 10.0. The monoisotopic (exact) mass is 463 g/mol. The first kappa shape index (κ1) is 23.5. The lowest BCUT2D eigenvalue weighted by atomic mass is 10.1. The van der Waals surface area contributed by atoms with Crippen molar-refractivity contribution in [1.29, 1.82) is 0 Å². The number of nitro groups is 1. The lowest BCUT2D eigenvalue weighted by Crippen LogP contribution is -2.31. The van der Waals surface area contributed by atoms with Crippen molar-refractivity contribution in [3.8, 4) is 11.5 Å². The molecule has 10 nitrogen and oxygen atoms in total. The van der Waals surface area contributed by atoms with Crippen molar-refractivity contribution in [2.45, 2.75) is 25.2 Å². The van der Waals surface area contributed by atoms with Gasteiger partial charge in [0, 0.05) is 31.4 Å². The molecule has 0 atom stereocenters. The number of rotatable bonds is 8. The van der Waals surface area contributed by atoms with Gasteiger partial charge >= 0.3 is 0 Å². The highest BCUT2D eigenvalue weighted by Crippen LogP contribution is 2.38. The highest BCUT2D eigenvalue weighted by Gasteiger charge is 2.33. The largest absolute Gasteiger partial charge is 0.493 e. The summed E-state index contributed by atoms with van der Waals surface area (Å²) in [5.41, 5.74) is 0.675. The quantitative estimate of drug-likeness (QED) is 0.436. The van der Waals surface area contributed by atoms with Crippen LogP contribution in [0.2, 0.25) is 0 Å². The third-order valence-corrected chi connectivity index (χ3v) is 7.51. The molecule has 0 bridgehead atoms. The minimum atomic E-state index is -3.64. The Hall–Kier alpha value is -3.18. The van der Waals surface area contributed by atoms with Crippen LogP contribution in [0, 0.1) is 10.1 Å². The van der Waals surface area contributed by atoms with Crippen LogP contribution in [0.15, 0.2) is 35.2 Å². The fourth-order valence-corrected chi connectivity index (χ4v) is 5.31. The molecule has 1 heterocycles. The Morgan fingerprint density at radius 2 is 1.75 bits per heavy atom. The van der Waals surface area contributed by atoms with E-state index >= 15 is 0 Å². The predicted molar refractivity (Wildman–Crippen MR) is 118 cm³/mol. The van der Waals surface area contributed by atoms with Gasteiger partial charge in [-0.1, -0.05) is 13.8 Å². The summed E-state index contributed by atoms with van der Waals surface area (Å²) in [5, 5.41) is 11.6. The molecule has 1 amide bonds. The maximum absolute atomic E-state index is 13.3. The average molecular weight is 464 g/mol. The fourth-order valence-electron chi connectivity index (χ4n) is 3.80. The minimum absolute atomic E-state index is 0.139. The molecule has 2 aromatic rings. The summed E-state index contributed by atoms with van der Waals surface area (Å²) in [7, 11) is -0.910. The van der Waals surface area contributed by atoms with E-state index in [1.165, 1.54) is 35.6 Å². The molecule has 0 fully saturated rings. The number of hydrogen-bond donors (Lipinski definition) is 0. The van der Waals surface area contributed by atoms with Gasteiger partial charge in [0.25, 0.3) is 11.6 Å². The number of fused-ring (bicyclic) bond motifs is 1. The summed E-state index contributed by atoms with van der Waals surface area (Å²) in [5.74, 6) is -0.235. The van der Waals surface area contributed by atoms with Crippen LogP contribution in [-0.2, 0) is 16.4 Å². The molecule has 0 aromatic heterocycles. The molecule has 0 N–H and O–H groups in total. The van der Waals surface area contributed by atoms with Crippen LogP contribution in [-0.4, -0.2) is 57.4 Å². The van der Waals surface area contributed by atoms with Crippen molar-refractivity contribution >= 4 is 27.3 Å². The van der Waals surface area contributed by atoms with E-state index in [-0.39, 0.29) is 28.5 Å². The van der Waals surface area contributed by atoms with E-state index < -0.39 is 26.5 Å². The van der Waals surface area contributed by atoms with Gasteiger partial charge in [0.1, 0.15) is 5.56 Å². The van der Waals surface area contributed by atoms with Crippen LogP contribution >= 0.6 is 0 Å². The average Bonchev–Trinajstić information content (AvgIpc) is 3.21. The van der Waals surface area contributed by atoms with Gasteiger partial charge in [0.2, 0.25) is 10.0 Å². The number of amides is 1. The Balaban J connectivity index is 2.02. The maximum atomic E-state index is 13.3. The van der Waals surface area contributed by atoms with Crippen LogP contribution < -0.4 is 14.4 Å². The van der Waals surface area contributed by atoms with E-state index in [1.54, 1.807) is 26.0 Å². The molecule has 0 spiro atoms. The molecule has 11 heteroatoms. The van der Waals surface area contributed by atoms with Gasteiger partial charge in [0.15, 0.2) is 11.5 Å². The predicted octanol–water partition coefficient (Wildman–Crippen LogP) is 2.85. The molecular formula is C21H25N3O7S. The third kappa shape index (κ3) is 4.00. The van der Waals surface area contributed by atoms with Crippen LogP contribution in [0.1, 0.15) is 29.8 Å². The van der Waals surface area contributed by atoms with Crippen LogP contribution in [0.5, 0.6) is 11.5 Å². The van der Waals surface area contributed by atoms with Gasteiger partial charge < -0.3 is 14.4 Å². The highest BCUT2D eigenvalue weighted by molar-refractivity contribution is 7.89. The summed E-state index contributed by atoms with van der Waals surface area (Å²) in [4.78, 5) is 25.8. The second kappa shape index (κ2) is 9.13. The molecule has 0 radical (unpaired) electrons. The molecule has 3 rings (SSSR count). The molecule has 0 unspecified atom stereocenters. The van der Waals surface area contributed by atoms with Crippen molar-refractivity contribution in [1.82, 2.24) is 4.31 Å². The molecule has 2 aromatic carbocycles. The van der Waals surface area contributed by atoms with Gasteiger partial charge in [-0.05, 0) is 30.2 Å². The summed E-state index contributed by atoms with van der Waals surface area (Å²) in [6.45, 7) is 4.51. The Kier molecular flexibility index (Phi) is 6.70. The number of nitro benzene ring substituents is 1. The third-order valence-electron chi connectivity index (χ3n) is 5.46. The van der Waals surface area contributed by atoms with E-state index in [0.29, 0.717) is 30.8 Å². The number of hydrogen-bond acceptors (Lipinski definition) is 7. The molecule has 0 saturated carbocycles. The van der Waals surface area contributed by atoms with E-state index in [9.17, 15) is 23.3 Å². The van der Waals surface area contributed by atoms with Crippen LogP contribution in [0.25, 0.3) is 0 Å². The van der Waals surface area contributed by atoms with Crippen LogP contribution in [0.3, 0.4) is 0 Å². The number of nitrogens with zero attached hydrogens (tertiary/aromatic N) is 3. The van der Waals surface area contributed by atoms with Crippen LogP contribution in [0.4, 0.5) is 11.4 Å². The Morgan fingerprint density at radius 3 is 2.31 bits per heavy atom. The number of anilines is 1. The molecular weight excluding hydrogens is 438 g/mol. The first-order chi connectivity index (χ1) is 15.2. The maximum Gasteiger partial charge on any atom is 0.286 e. The minimum Gasteiger partial charge on any atom is -0.493 e. The molecule has 1 aliphatic heterocycles. The number of ether oxygens (including phenoxy) is 2. The lowest BCUT2D eigenvalue weighted by Gasteiger charge is -2.20. The first-order valence-corrected chi connectivity index (χ1v) is 11.5. The second-order valence-corrected chi connectivity index (χ2v) is 9.01. The smallest absolute Gasteiger partial charge is 0.286 e. The molecule has 172 valence electrons. The van der Waals surface area contributed by atoms with E-state index in [0.717, 1.165) is 6.07 Å². The number of sulfonamides is 1. The Bertz CT molecular complexity index is 1160. The number of benzene rings is 2. The summed E-state index contributed by atoms with van der Waals surface area (Å²) < 4.78 is 37.3. The van der Waals surface area contributed by atoms with Gasteiger partial charge in [-0.3, -0.25) is 14.9 Å². The zero-order chi connectivity index (χ0) is 23.6. The Morgan fingerprint density at radius 1 is 1.12 bits per heavy atom. The van der Waals surface area contributed by atoms with Gasteiger partial charge in [-0.25, -0.2) is 8.42 Å². The van der Waals surface area contributed by atoms with E-state index in [1.807, 2.05) is 0 Å². The fraction of sp³-hybridized carbons (Fsp3) is 0.381. The van der Waals surface area contributed by atoms with E-state index in [2.05, 4.69) is 0 Å². The van der Waals surface area contributed by atoms with Crippen molar-refractivity contribution in [3.05, 3.63) is 51.6 Å². The Labute approximate surface area is 186 Å². The van der Waals surface area contributed by atoms with Crippen molar-refractivity contribution in [3.63, 3.8) is 0 Å². The molecule has 1 aliphatic rings. The number of carbonyl (C=O) groups is 1. The van der Waals surface area contributed by atoms with Gasteiger partial charge in [-0.15, -0.1) is 0 Å². The zero-order valence-corrected chi connectivity index (χ0v) is 19.1. The van der Waals surface area contributed by atoms with Gasteiger partial charge in [0.05, 0.1) is 30.1 Å². The van der Waals surface area contributed by atoms with Gasteiger partial charge in [-0.2, -0.15) is 4.31 Å². The number of methoxy groups -OCH3 is 2. The topological polar surface area (TPSA) is 119 Å². The molecule has 32 heavy (non-hydrogen) atoms. The normalized spacial score (nSPS) is 13.2.